The zero-order valence-electron chi connectivity index (χ0n) is 13.5. The van der Waals surface area contributed by atoms with E-state index in [-0.39, 0.29) is 11.6 Å². The molecule has 2 aromatic rings. The van der Waals surface area contributed by atoms with E-state index in [4.69, 9.17) is 5.73 Å². The number of nitrogens with two attached hydrogens (primary N) is 1. The van der Waals surface area contributed by atoms with Gasteiger partial charge in [0.25, 0.3) is 0 Å². The number of halogens is 2. The summed E-state index contributed by atoms with van der Waals surface area (Å²) in [6.07, 6.45) is 3.32. The fraction of sp³-hybridized carbons (Fsp3) is 0.375. The normalized spacial score (nSPS) is 12.4. The van der Waals surface area contributed by atoms with Crippen LogP contribution in [0.5, 0.6) is 0 Å². The van der Waals surface area contributed by atoms with Crippen LogP contribution in [-0.2, 0) is 6.42 Å². The molecule has 1 unspecified atom stereocenters. The first-order chi connectivity index (χ1) is 10.9. The lowest BCUT2D eigenvalue weighted by molar-refractivity contribution is 0.299. The Hall–Kier alpha value is -2.28. The Bertz CT molecular complexity index is 676. The van der Waals surface area contributed by atoms with E-state index in [1.54, 1.807) is 6.20 Å². The average Bonchev–Trinajstić information content (AvgIpc) is 2.49. The van der Waals surface area contributed by atoms with Gasteiger partial charge in [0, 0.05) is 23.9 Å². The minimum Gasteiger partial charge on any atom is -0.383 e. The van der Waals surface area contributed by atoms with E-state index in [1.807, 2.05) is 14.1 Å². The number of anilines is 3. The SMILES string of the molecule is CC(CCc1cnc(Nc2ccc(F)cc2F)nc1N)N(C)C. The molecule has 5 nitrogen and oxygen atoms in total. The monoisotopic (exact) mass is 321 g/mol. The van der Waals surface area contributed by atoms with Crippen LogP contribution in [0.15, 0.2) is 24.4 Å². The fourth-order valence-electron chi connectivity index (χ4n) is 2.01. The largest absolute Gasteiger partial charge is 0.383 e. The first-order valence-electron chi connectivity index (χ1n) is 7.36. The molecule has 2 rings (SSSR count). The van der Waals surface area contributed by atoms with Gasteiger partial charge in [0.2, 0.25) is 5.95 Å². The standard InChI is InChI=1S/C16H21F2N5/c1-10(23(2)3)4-5-11-9-20-16(22-15(11)19)21-14-7-6-12(17)8-13(14)18/h6-10H,4-5H2,1-3H3,(H3,19,20,21,22). The number of aromatic nitrogens is 2. The Morgan fingerprint density at radius 3 is 2.65 bits per heavy atom. The molecule has 0 saturated carbocycles. The molecule has 7 heteroatoms. The molecule has 124 valence electrons. The van der Waals surface area contributed by atoms with Gasteiger partial charge in [-0.15, -0.1) is 0 Å². The van der Waals surface area contributed by atoms with Crippen molar-refractivity contribution in [2.75, 3.05) is 25.1 Å². The smallest absolute Gasteiger partial charge is 0.229 e. The fourth-order valence-corrected chi connectivity index (χ4v) is 2.01. The van der Waals surface area contributed by atoms with E-state index in [1.165, 1.54) is 6.07 Å². The Balaban J connectivity index is 2.07. The summed E-state index contributed by atoms with van der Waals surface area (Å²) in [6.45, 7) is 2.13. The number of nitrogens with one attached hydrogen (secondary N) is 1. The summed E-state index contributed by atoms with van der Waals surface area (Å²) in [5.74, 6) is -0.816. The molecule has 0 spiro atoms. The van der Waals surface area contributed by atoms with E-state index in [0.717, 1.165) is 30.5 Å². The zero-order valence-corrected chi connectivity index (χ0v) is 13.5. The maximum atomic E-state index is 13.6. The molecule has 0 fully saturated rings. The molecule has 0 amide bonds. The average molecular weight is 321 g/mol. The van der Waals surface area contributed by atoms with Crippen molar-refractivity contribution in [1.29, 1.82) is 0 Å². The summed E-state index contributed by atoms with van der Waals surface area (Å²) in [6, 6.07) is 3.66. The van der Waals surface area contributed by atoms with Crippen molar-refractivity contribution >= 4 is 17.5 Å². The summed E-state index contributed by atoms with van der Waals surface area (Å²) < 4.78 is 26.5. The van der Waals surface area contributed by atoms with Crippen molar-refractivity contribution < 1.29 is 8.78 Å². The van der Waals surface area contributed by atoms with Gasteiger partial charge >= 0.3 is 0 Å². The third kappa shape index (κ3) is 4.59. The third-order valence-electron chi connectivity index (χ3n) is 3.79. The van der Waals surface area contributed by atoms with Crippen molar-refractivity contribution in [1.82, 2.24) is 14.9 Å². The molecule has 0 aliphatic rings. The van der Waals surface area contributed by atoms with Crippen LogP contribution < -0.4 is 11.1 Å². The molecular formula is C16H21F2N5. The molecule has 1 heterocycles. The molecule has 3 N–H and O–H groups in total. The number of aryl methyl sites for hydroxylation is 1. The minimum atomic E-state index is -0.712. The van der Waals surface area contributed by atoms with Crippen molar-refractivity contribution in [3.8, 4) is 0 Å². The molecule has 0 radical (unpaired) electrons. The van der Waals surface area contributed by atoms with Gasteiger partial charge in [-0.2, -0.15) is 4.98 Å². The molecule has 0 bridgehead atoms. The minimum absolute atomic E-state index is 0.0970. The first-order valence-corrected chi connectivity index (χ1v) is 7.36. The van der Waals surface area contributed by atoms with Crippen molar-refractivity contribution in [3.63, 3.8) is 0 Å². The molecule has 0 aliphatic carbocycles. The van der Waals surface area contributed by atoms with Gasteiger partial charge in [0.05, 0.1) is 5.69 Å². The van der Waals surface area contributed by atoms with Crippen molar-refractivity contribution in [2.45, 2.75) is 25.8 Å². The van der Waals surface area contributed by atoms with E-state index >= 15 is 0 Å². The van der Waals surface area contributed by atoms with E-state index in [2.05, 4.69) is 27.1 Å². The Morgan fingerprint density at radius 1 is 1.30 bits per heavy atom. The summed E-state index contributed by atoms with van der Waals surface area (Å²) in [4.78, 5) is 10.4. The maximum Gasteiger partial charge on any atom is 0.229 e. The number of benzene rings is 1. The van der Waals surface area contributed by atoms with Crippen LogP contribution in [0.3, 0.4) is 0 Å². The third-order valence-corrected chi connectivity index (χ3v) is 3.79. The molecule has 1 aromatic carbocycles. The van der Waals surface area contributed by atoms with Crippen LogP contribution in [0.4, 0.5) is 26.2 Å². The predicted molar refractivity (Wildman–Crippen MR) is 87.6 cm³/mol. The number of nitrogens with zero attached hydrogens (tertiary/aromatic N) is 3. The Kier molecular flexibility index (Phi) is 5.44. The van der Waals surface area contributed by atoms with Gasteiger partial charge < -0.3 is 16.0 Å². The lowest BCUT2D eigenvalue weighted by Gasteiger charge is -2.19. The second kappa shape index (κ2) is 7.32. The highest BCUT2D eigenvalue weighted by Gasteiger charge is 2.10. The molecule has 0 saturated heterocycles. The predicted octanol–water partition coefficient (Wildman–Crippen LogP) is 2.96. The number of nitrogen functional groups attached to an aromatic ring is 1. The molecule has 0 aliphatic heterocycles. The quantitative estimate of drug-likeness (QED) is 0.856. The lowest BCUT2D eigenvalue weighted by Crippen LogP contribution is -2.25. The van der Waals surface area contributed by atoms with Gasteiger partial charge in [-0.3, -0.25) is 0 Å². The van der Waals surface area contributed by atoms with Crippen molar-refractivity contribution in [2.24, 2.45) is 0 Å². The van der Waals surface area contributed by atoms with Crippen molar-refractivity contribution in [3.05, 3.63) is 41.6 Å². The maximum absolute atomic E-state index is 13.6. The Labute approximate surface area is 134 Å². The number of rotatable bonds is 6. The zero-order chi connectivity index (χ0) is 17.0. The number of hydrogen-bond donors (Lipinski definition) is 2. The van der Waals surface area contributed by atoms with Gasteiger partial charge in [-0.1, -0.05) is 0 Å². The molecule has 1 aromatic heterocycles. The molecular weight excluding hydrogens is 300 g/mol. The van der Waals surface area contributed by atoms with Gasteiger partial charge in [0.15, 0.2) is 0 Å². The summed E-state index contributed by atoms with van der Waals surface area (Å²) in [7, 11) is 4.05. The highest BCUT2D eigenvalue weighted by atomic mass is 19.1. The van der Waals surface area contributed by atoms with E-state index < -0.39 is 11.6 Å². The van der Waals surface area contributed by atoms with Crippen LogP contribution in [0.25, 0.3) is 0 Å². The van der Waals surface area contributed by atoms with Gasteiger partial charge in [-0.05, 0) is 46.0 Å². The van der Waals surface area contributed by atoms with Crippen LogP contribution >= 0.6 is 0 Å². The van der Waals surface area contributed by atoms with E-state index in [0.29, 0.717) is 11.9 Å². The first kappa shape index (κ1) is 17.1. The Morgan fingerprint density at radius 2 is 2.04 bits per heavy atom. The number of hydrogen-bond acceptors (Lipinski definition) is 5. The molecule has 1 atom stereocenters. The van der Waals surface area contributed by atoms with Crippen LogP contribution in [-0.4, -0.2) is 35.0 Å². The van der Waals surface area contributed by atoms with Gasteiger partial charge in [-0.25, -0.2) is 13.8 Å². The summed E-state index contributed by atoms with van der Waals surface area (Å²) in [5, 5.41) is 2.70. The summed E-state index contributed by atoms with van der Waals surface area (Å²) in [5.41, 5.74) is 6.89. The van der Waals surface area contributed by atoms with Gasteiger partial charge in [0.1, 0.15) is 17.5 Å². The highest BCUT2D eigenvalue weighted by molar-refractivity contribution is 5.56. The topological polar surface area (TPSA) is 67.1 Å². The van der Waals surface area contributed by atoms with Crippen LogP contribution in [0.1, 0.15) is 18.9 Å². The van der Waals surface area contributed by atoms with E-state index in [9.17, 15) is 8.78 Å². The summed E-state index contributed by atoms with van der Waals surface area (Å²) >= 11 is 0. The van der Waals surface area contributed by atoms with Crippen LogP contribution in [0.2, 0.25) is 0 Å². The molecule has 23 heavy (non-hydrogen) atoms. The lowest BCUT2D eigenvalue weighted by atomic mass is 10.1. The second-order valence-electron chi connectivity index (χ2n) is 5.70. The van der Waals surface area contributed by atoms with Crippen LogP contribution in [0, 0.1) is 11.6 Å². The second-order valence-corrected chi connectivity index (χ2v) is 5.70. The highest BCUT2D eigenvalue weighted by Crippen LogP contribution is 2.20.